The number of aryl methyl sites for hydroxylation is 1. The molecule has 184 valence electrons. The zero-order valence-electron chi connectivity index (χ0n) is 20.3. The molecule has 1 aliphatic rings. The third-order valence-corrected chi connectivity index (χ3v) is 6.91. The Morgan fingerprint density at radius 1 is 1.08 bits per heavy atom. The highest BCUT2D eigenvalue weighted by atomic mass is 16.4. The number of piperidine rings is 1. The Balaban J connectivity index is 1.51. The third-order valence-electron chi connectivity index (χ3n) is 6.91. The van der Waals surface area contributed by atoms with E-state index in [4.69, 9.17) is 9.97 Å². The van der Waals surface area contributed by atoms with Crippen molar-refractivity contribution in [2.45, 2.75) is 32.2 Å². The highest BCUT2D eigenvalue weighted by molar-refractivity contribution is 5.92. The molecule has 1 amide bonds. The Morgan fingerprint density at radius 2 is 1.86 bits per heavy atom. The van der Waals surface area contributed by atoms with Crippen LogP contribution in [-0.2, 0) is 6.42 Å². The van der Waals surface area contributed by atoms with Crippen molar-refractivity contribution >= 4 is 22.8 Å². The number of amides is 1. The van der Waals surface area contributed by atoms with E-state index in [2.05, 4.69) is 22.3 Å². The molecule has 3 N–H and O–H groups in total. The number of phenols is 1. The van der Waals surface area contributed by atoms with Gasteiger partial charge >= 0.3 is 6.09 Å². The molecule has 4 aromatic rings. The molecule has 0 spiro atoms. The standard InChI is InChI=1S/C29H30N4O3/c1-19-13-14-22-25(16-19)30-27(23-11-5-6-12-26(23)34)32-28(22)33-15-7-10-21(18-33)24(31-29(35)36)17-20-8-3-2-4-9-20/h2-6,8-9,11-14,16,21,24,31,34H,7,10,15,17-18H2,1H3,(H,35,36)/t21-,24?/m0/s1. The molecular weight excluding hydrogens is 452 g/mol. The SMILES string of the molecule is Cc1ccc2c(N3CCC[C@H](C(Cc4ccccc4)NC(=O)O)C3)nc(-c3ccccc3O)nc2c1. The summed E-state index contributed by atoms with van der Waals surface area (Å²) in [4.78, 5) is 23.6. The van der Waals surface area contributed by atoms with Crippen LogP contribution in [0.25, 0.3) is 22.3 Å². The molecule has 0 aliphatic carbocycles. The fraction of sp³-hybridized carbons (Fsp3) is 0.276. The highest BCUT2D eigenvalue weighted by Crippen LogP contribution is 2.34. The number of anilines is 1. The first-order valence-corrected chi connectivity index (χ1v) is 12.3. The zero-order chi connectivity index (χ0) is 25.1. The van der Waals surface area contributed by atoms with Crippen molar-refractivity contribution in [2.75, 3.05) is 18.0 Å². The maximum atomic E-state index is 11.7. The minimum Gasteiger partial charge on any atom is -0.507 e. The Bertz CT molecular complexity index is 1380. The number of aromatic hydroxyl groups is 1. The first-order chi connectivity index (χ1) is 17.5. The Kier molecular flexibility index (Phi) is 6.71. The van der Waals surface area contributed by atoms with Crippen LogP contribution < -0.4 is 10.2 Å². The van der Waals surface area contributed by atoms with Gasteiger partial charge in [-0.05, 0) is 67.5 Å². The van der Waals surface area contributed by atoms with Crippen molar-refractivity contribution in [3.8, 4) is 17.1 Å². The van der Waals surface area contributed by atoms with Crippen LogP contribution in [-0.4, -0.2) is 45.4 Å². The lowest BCUT2D eigenvalue weighted by Gasteiger charge is -2.38. The van der Waals surface area contributed by atoms with E-state index in [0.717, 1.165) is 47.2 Å². The fourth-order valence-electron chi connectivity index (χ4n) is 5.14. The third kappa shape index (κ3) is 5.10. The first-order valence-electron chi connectivity index (χ1n) is 12.3. The van der Waals surface area contributed by atoms with Crippen LogP contribution in [0.4, 0.5) is 10.6 Å². The number of carbonyl (C=O) groups is 1. The van der Waals surface area contributed by atoms with E-state index < -0.39 is 6.09 Å². The van der Waals surface area contributed by atoms with Gasteiger partial charge in [0, 0.05) is 24.5 Å². The molecule has 36 heavy (non-hydrogen) atoms. The zero-order valence-corrected chi connectivity index (χ0v) is 20.3. The van der Waals surface area contributed by atoms with Gasteiger partial charge in [-0.25, -0.2) is 14.8 Å². The van der Waals surface area contributed by atoms with Gasteiger partial charge in [-0.1, -0.05) is 48.5 Å². The van der Waals surface area contributed by atoms with Crippen molar-refractivity contribution in [3.63, 3.8) is 0 Å². The van der Waals surface area contributed by atoms with Gasteiger partial charge < -0.3 is 20.4 Å². The number of phenolic OH excluding ortho intramolecular Hbond substituents is 1. The molecule has 5 rings (SSSR count). The quantitative estimate of drug-likeness (QED) is 0.340. The molecule has 7 heteroatoms. The second-order valence-electron chi connectivity index (χ2n) is 9.50. The minimum atomic E-state index is -1.00. The summed E-state index contributed by atoms with van der Waals surface area (Å²) < 4.78 is 0. The largest absolute Gasteiger partial charge is 0.507 e. The average molecular weight is 483 g/mol. The van der Waals surface area contributed by atoms with Gasteiger partial charge in [0.05, 0.1) is 11.1 Å². The molecule has 0 bridgehead atoms. The summed E-state index contributed by atoms with van der Waals surface area (Å²) in [6.45, 7) is 3.53. The molecule has 3 aromatic carbocycles. The van der Waals surface area contributed by atoms with E-state index in [1.54, 1.807) is 12.1 Å². The van der Waals surface area contributed by atoms with Crippen LogP contribution in [0, 0.1) is 12.8 Å². The Morgan fingerprint density at radius 3 is 2.64 bits per heavy atom. The van der Waals surface area contributed by atoms with Crippen LogP contribution in [0.3, 0.4) is 0 Å². The minimum absolute atomic E-state index is 0.124. The highest BCUT2D eigenvalue weighted by Gasteiger charge is 2.30. The summed E-state index contributed by atoms with van der Waals surface area (Å²) in [5.41, 5.74) is 3.62. The number of benzene rings is 3. The van der Waals surface area contributed by atoms with Crippen molar-refractivity contribution in [2.24, 2.45) is 5.92 Å². The van der Waals surface area contributed by atoms with Crippen molar-refractivity contribution in [3.05, 3.63) is 83.9 Å². The van der Waals surface area contributed by atoms with Gasteiger partial charge in [-0.2, -0.15) is 0 Å². The smallest absolute Gasteiger partial charge is 0.404 e. The molecule has 1 aliphatic heterocycles. The van der Waals surface area contributed by atoms with Crippen LogP contribution in [0.2, 0.25) is 0 Å². The maximum absolute atomic E-state index is 11.7. The lowest BCUT2D eigenvalue weighted by molar-refractivity contribution is 0.181. The normalized spacial score (nSPS) is 16.6. The maximum Gasteiger partial charge on any atom is 0.404 e. The fourth-order valence-corrected chi connectivity index (χ4v) is 5.14. The number of fused-ring (bicyclic) bond motifs is 1. The second-order valence-corrected chi connectivity index (χ2v) is 9.50. The van der Waals surface area contributed by atoms with E-state index in [0.29, 0.717) is 24.4 Å². The summed E-state index contributed by atoms with van der Waals surface area (Å²) in [5.74, 6) is 1.56. The average Bonchev–Trinajstić information content (AvgIpc) is 2.88. The molecule has 1 fully saturated rings. The molecular formula is C29H30N4O3. The lowest BCUT2D eigenvalue weighted by Crippen LogP contribution is -2.48. The van der Waals surface area contributed by atoms with Crippen LogP contribution in [0.5, 0.6) is 5.75 Å². The summed E-state index contributed by atoms with van der Waals surface area (Å²) >= 11 is 0. The molecule has 0 radical (unpaired) electrons. The Labute approximate surface area is 210 Å². The molecule has 0 saturated carbocycles. The van der Waals surface area contributed by atoms with Crippen molar-refractivity contribution < 1.29 is 15.0 Å². The first kappa shape index (κ1) is 23.6. The van der Waals surface area contributed by atoms with Crippen LogP contribution >= 0.6 is 0 Å². The van der Waals surface area contributed by atoms with Gasteiger partial charge in [-0.15, -0.1) is 0 Å². The monoisotopic (exact) mass is 482 g/mol. The molecule has 1 unspecified atom stereocenters. The number of carboxylic acid groups (broad SMARTS) is 1. The van der Waals surface area contributed by atoms with Gasteiger partial charge in [0.1, 0.15) is 11.6 Å². The molecule has 7 nitrogen and oxygen atoms in total. The predicted molar refractivity (Wildman–Crippen MR) is 141 cm³/mol. The van der Waals surface area contributed by atoms with E-state index in [1.165, 1.54) is 0 Å². The van der Waals surface area contributed by atoms with Gasteiger partial charge in [0.2, 0.25) is 0 Å². The van der Waals surface area contributed by atoms with E-state index >= 15 is 0 Å². The number of hydrogen-bond donors (Lipinski definition) is 3. The number of hydrogen-bond acceptors (Lipinski definition) is 5. The number of nitrogens with one attached hydrogen (secondary N) is 1. The predicted octanol–water partition coefficient (Wildman–Crippen LogP) is 5.41. The lowest BCUT2D eigenvalue weighted by atomic mass is 9.87. The van der Waals surface area contributed by atoms with Gasteiger partial charge in [0.15, 0.2) is 5.82 Å². The summed E-state index contributed by atoms with van der Waals surface area (Å²) in [7, 11) is 0. The van der Waals surface area contributed by atoms with Crippen LogP contribution in [0.15, 0.2) is 72.8 Å². The molecule has 2 heterocycles. The molecule has 1 aromatic heterocycles. The number of para-hydroxylation sites is 1. The van der Waals surface area contributed by atoms with Gasteiger partial charge in [0.25, 0.3) is 0 Å². The van der Waals surface area contributed by atoms with Crippen molar-refractivity contribution in [1.82, 2.24) is 15.3 Å². The number of rotatable bonds is 6. The van der Waals surface area contributed by atoms with Crippen molar-refractivity contribution in [1.29, 1.82) is 0 Å². The molecule has 1 saturated heterocycles. The number of aromatic nitrogens is 2. The summed E-state index contributed by atoms with van der Waals surface area (Å²) in [5, 5.41) is 23.8. The topological polar surface area (TPSA) is 98.6 Å². The van der Waals surface area contributed by atoms with Gasteiger partial charge in [-0.3, -0.25) is 0 Å². The number of nitrogens with zero attached hydrogens (tertiary/aromatic N) is 3. The van der Waals surface area contributed by atoms with E-state index in [1.807, 2.05) is 55.5 Å². The van der Waals surface area contributed by atoms with E-state index in [-0.39, 0.29) is 17.7 Å². The van der Waals surface area contributed by atoms with Crippen LogP contribution in [0.1, 0.15) is 24.0 Å². The second kappa shape index (κ2) is 10.2. The molecule has 2 atom stereocenters. The van der Waals surface area contributed by atoms with E-state index in [9.17, 15) is 15.0 Å². The Hall–Kier alpha value is -4.13. The summed E-state index contributed by atoms with van der Waals surface area (Å²) in [6, 6.07) is 23.0. The summed E-state index contributed by atoms with van der Waals surface area (Å²) in [6.07, 6.45) is 1.50.